The molecule has 0 radical (unpaired) electrons. The van der Waals surface area contributed by atoms with Crippen molar-refractivity contribution in [2.45, 2.75) is 32.4 Å². The Kier molecular flexibility index (Phi) is 5.05. The number of amides is 1. The molecule has 0 saturated carbocycles. The van der Waals surface area contributed by atoms with Crippen molar-refractivity contribution in [1.82, 2.24) is 24.6 Å². The van der Waals surface area contributed by atoms with Crippen molar-refractivity contribution in [3.05, 3.63) is 24.3 Å². The molecule has 1 aromatic carbocycles. The van der Waals surface area contributed by atoms with Crippen LogP contribution in [0.5, 0.6) is 0 Å². The molecular weight excluding hydrogens is 342 g/mol. The van der Waals surface area contributed by atoms with E-state index in [2.05, 4.69) is 21.8 Å². The van der Waals surface area contributed by atoms with Gasteiger partial charge in [0.1, 0.15) is 17.6 Å². The number of hydrogen-bond donors (Lipinski definition) is 1. The second kappa shape index (κ2) is 7.09. The highest BCUT2D eigenvalue weighted by atomic mass is 32.2. The molecule has 136 valence electrons. The van der Waals surface area contributed by atoms with E-state index in [9.17, 15) is 13.2 Å². The Morgan fingerprint density at radius 1 is 1.24 bits per heavy atom. The number of carbonyl (C=O) groups is 1. The van der Waals surface area contributed by atoms with Crippen LogP contribution in [-0.2, 0) is 21.4 Å². The van der Waals surface area contributed by atoms with Crippen LogP contribution in [0.2, 0.25) is 0 Å². The molecule has 9 heteroatoms. The van der Waals surface area contributed by atoms with Crippen LogP contribution in [0.25, 0.3) is 11.0 Å². The first kappa shape index (κ1) is 17.8. The molecule has 0 spiro atoms. The van der Waals surface area contributed by atoms with Gasteiger partial charge >= 0.3 is 0 Å². The van der Waals surface area contributed by atoms with Gasteiger partial charge in [0, 0.05) is 19.1 Å². The van der Waals surface area contributed by atoms with Gasteiger partial charge in [-0.15, -0.1) is 0 Å². The van der Waals surface area contributed by atoms with E-state index in [0.717, 1.165) is 30.1 Å². The van der Waals surface area contributed by atoms with Gasteiger partial charge in [0.2, 0.25) is 15.9 Å². The van der Waals surface area contributed by atoms with Gasteiger partial charge < -0.3 is 4.90 Å². The van der Waals surface area contributed by atoms with E-state index in [0.29, 0.717) is 13.1 Å². The molecule has 2 aromatic rings. The van der Waals surface area contributed by atoms with E-state index in [1.165, 1.54) is 4.80 Å². The second-order valence-electron chi connectivity index (χ2n) is 6.56. The van der Waals surface area contributed by atoms with Gasteiger partial charge in [-0.3, -0.25) is 4.79 Å². The lowest BCUT2D eigenvalue weighted by Gasteiger charge is -2.17. The first-order valence-corrected chi connectivity index (χ1v) is 10.3. The minimum Gasteiger partial charge on any atom is -0.339 e. The van der Waals surface area contributed by atoms with Crippen LogP contribution in [-0.4, -0.2) is 59.6 Å². The molecule has 1 aromatic heterocycles. The molecular formula is C16H23N5O3S. The SMILES string of the molecule is CCC[C@@H]1CN(C(=O)Cn2nc3ccccc3n2)C[C@H]1NS(C)(=O)=O. The summed E-state index contributed by atoms with van der Waals surface area (Å²) in [4.78, 5) is 15.7. The number of nitrogens with zero attached hydrogens (tertiary/aromatic N) is 4. The number of benzene rings is 1. The largest absolute Gasteiger partial charge is 0.339 e. The van der Waals surface area contributed by atoms with Gasteiger partial charge in [0.05, 0.1) is 6.26 Å². The van der Waals surface area contributed by atoms with Gasteiger partial charge in [-0.1, -0.05) is 25.5 Å². The van der Waals surface area contributed by atoms with Crippen LogP contribution >= 0.6 is 0 Å². The van der Waals surface area contributed by atoms with Crippen molar-refractivity contribution in [2.24, 2.45) is 5.92 Å². The highest BCUT2D eigenvalue weighted by molar-refractivity contribution is 7.88. The summed E-state index contributed by atoms with van der Waals surface area (Å²) < 4.78 is 25.8. The molecule has 1 N–H and O–H groups in total. The van der Waals surface area contributed by atoms with E-state index in [1.54, 1.807) is 4.90 Å². The smallest absolute Gasteiger partial charge is 0.246 e. The minimum atomic E-state index is -3.30. The summed E-state index contributed by atoms with van der Waals surface area (Å²) in [5.74, 6) is 0.0348. The van der Waals surface area contributed by atoms with Crippen molar-refractivity contribution in [1.29, 1.82) is 0 Å². The Labute approximate surface area is 147 Å². The number of nitrogens with one attached hydrogen (secondary N) is 1. The van der Waals surface area contributed by atoms with E-state index in [4.69, 9.17) is 0 Å². The summed E-state index contributed by atoms with van der Waals surface area (Å²) in [6.45, 7) is 3.05. The number of hydrogen-bond acceptors (Lipinski definition) is 5. The van der Waals surface area contributed by atoms with Crippen LogP contribution in [0.1, 0.15) is 19.8 Å². The average molecular weight is 365 g/mol. The Hall–Kier alpha value is -2.00. The van der Waals surface area contributed by atoms with Crippen molar-refractivity contribution in [2.75, 3.05) is 19.3 Å². The lowest BCUT2D eigenvalue weighted by molar-refractivity contribution is -0.131. The highest BCUT2D eigenvalue weighted by Gasteiger charge is 2.36. The first-order chi connectivity index (χ1) is 11.9. The predicted octanol–water partition coefficient (Wildman–Crippen LogP) is 0.608. The van der Waals surface area contributed by atoms with Gasteiger partial charge in [0.25, 0.3) is 0 Å². The van der Waals surface area contributed by atoms with Crippen LogP contribution in [0.3, 0.4) is 0 Å². The first-order valence-electron chi connectivity index (χ1n) is 8.40. The Balaban J connectivity index is 1.69. The third-order valence-corrected chi connectivity index (χ3v) is 5.15. The number of carbonyl (C=O) groups excluding carboxylic acids is 1. The topological polar surface area (TPSA) is 97.2 Å². The molecule has 0 bridgehead atoms. The molecule has 1 amide bonds. The summed E-state index contributed by atoms with van der Waals surface area (Å²) >= 11 is 0. The fraction of sp³-hybridized carbons (Fsp3) is 0.562. The maximum Gasteiger partial charge on any atom is 0.246 e. The highest BCUT2D eigenvalue weighted by Crippen LogP contribution is 2.22. The zero-order valence-electron chi connectivity index (χ0n) is 14.4. The van der Waals surface area contributed by atoms with Crippen LogP contribution in [0.15, 0.2) is 24.3 Å². The lowest BCUT2D eigenvalue weighted by Crippen LogP contribution is -2.40. The average Bonchev–Trinajstić information content (AvgIpc) is 3.10. The van der Waals surface area contributed by atoms with Crippen molar-refractivity contribution in [3.63, 3.8) is 0 Å². The van der Waals surface area contributed by atoms with Gasteiger partial charge in [-0.05, 0) is 24.5 Å². The van der Waals surface area contributed by atoms with Gasteiger partial charge in [-0.2, -0.15) is 15.0 Å². The molecule has 1 fully saturated rings. The van der Waals surface area contributed by atoms with E-state index in [-0.39, 0.29) is 24.4 Å². The minimum absolute atomic E-state index is 0.0547. The summed E-state index contributed by atoms with van der Waals surface area (Å²) in [6.07, 6.45) is 2.97. The number of fused-ring (bicyclic) bond motifs is 1. The third kappa shape index (κ3) is 4.35. The number of rotatable bonds is 6. The standard InChI is InChI=1S/C16H23N5O3S/c1-3-6-12-9-20(10-15(12)19-25(2,23)24)16(22)11-21-17-13-7-4-5-8-14(13)18-21/h4-5,7-8,12,15,19H,3,6,9-11H2,1-2H3/t12-,15-/m1/s1. The van der Waals surface area contributed by atoms with Crippen molar-refractivity contribution in [3.8, 4) is 0 Å². The van der Waals surface area contributed by atoms with Crippen LogP contribution in [0, 0.1) is 5.92 Å². The Morgan fingerprint density at radius 2 is 1.88 bits per heavy atom. The molecule has 1 aliphatic rings. The maximum atomic E-state index is 12.6. The summed E-state index contributed by atoms with van der Waals surface area (Å²) in [5, 5.41) is 8.61. The molecule has 1 aliphatic heterocycles. The Morgan fingerprint density at radius 3 is 2.44 bits per heavy atom. The monoisotopic (exact) mass is 365 g/mol. The Bertz CT molecular complexity index is 831. The fourth-order valence-corrected chi connectivity index (χ4v) is 4.16. The molecule has 1 saturated heterocycles. The van der Waals surface area contributed by atoms with E-state index >= 15 is 0 Å². The normalized spacial score (nSPS) is 21.1. The quantitative estimate of drug-likeness (QED) is 0.809. The van der Waals surface area contributed by atoms with Crippen LogP contribution < -0.4 is 4.72 Å². The molecule has 8 nitrogen and oxygen atoms in total. The van der Waals surface area contributed by atoms with Crippen molar-refractivity contribution < 1.29 is 13.2 Å². The third-order valence-electron chi connectivity index (χ3n) is 4.42. The summed E-state index contributed by atoms with van der Waals surface area (Å²) in [6, 6.07) is 7.22. The number of sulfonamides is 1. The summed E-state index contributed by atoms with van der Waals surface area (Å²) in [7, 11) is -3.30. The number of aromatic nitrogens is 3. The summed E-state index contributed by atoms with van der Waals surface area (Å²) in [5.41, 5.74) is 1.49. The zero-order chi connectivity index (χ0) is 18.0. The molecule has 2 heterocycles. The molecule has 25 heavy (non-hydrogen) atoms. The maximum absolute atomic E-state index is 12.6. The zero-order valence-corrected chi connectivity index (χ0v) is 15.2. The second-order valence-corrected chi connectivity index (χ2v) is 8.34. The fourth-order valence-electron chi connectivity index (χ4n) is 3.34. The van der Waals surface area contributed by atoms with Crippen molar-refractivity contribution >= 4 is 27.0 Å². The van der Waals surface area contributed by atoms with Gasteiger partial charge in [0.15, 0.2) is 0 Å². The molecule has 3 rings (SSSR count). The molecule has 0 unspecified atom stereocenters. The molecule has 2 atom stereocenters. The van der Waals surface area contributed by atoms with Crippen LogP contribution in [0.4, 0.5) is 0 Å². The van der Waals surface area contributed by atoms with E-state index in [1.807, 2.05) is 24.3 Å². The lowest BCUT2D eigenvalue weighted by atomic mass is 9.99. The predicted molar refractivity (Wildman–Crippen MR) is 94.3 cm³/mol. The molecule has 0 aliphatic carbocycles. The van der Waals surface area contributed by atoms with E-state index < -0.39 is 10.0 Å². The van der Waals surface area contributed by atoms with Gasteiger partial charge in [-0.25, -0.2) is 13.1 Å². The number of likely N-dealkylation sites (tertiary alicyclic amines) is 1.